The summed E-state index contributed by atoms with van der Waals surface area (Å²) in [6.45, 7) is 5.98. The fourth-order valence-electron chi connectivity index (χ4n) is 4.57. The molecule has 128 valence electrons. The maximum absolute atomic E-state index is 4.47. The number of guanidine groups is 1. The van der Waals surface area contributed by atoms with Crippen molar-refractivity contribution in [2.45, 2.75) is 52.5 Å². The maximum Gasteiger partial charge on any atom is 0.191 e. The molecule has 1 aromatic heterocycles. The zero-order chi connectivity index (χ0) is 16.4. The molecule has 0 radical (unpaired) electrons. The molecule has 3 atom stereocenters. The Morgan fingerprint density at radius 2 is 2.09 bits per heavy atom. The first-order valence-electron chi connectivity index (χ1n) is 9.02. The topological polar surface area (TPSA) is 54.2 Å². The molecule has 3 unspecified atom stereocenters. The van der Waals surface area contributed by atoms with Crippen molar-refractivity contribution in [2.75, 3.05) is 13.6 Å². The molecule has 1 aromatic rings. The van der Waals surface area contributed by atoms with Crippen LogP contribution in [0.15, 0.2) is 4.99 Å². The Balaban J connectivity index is 1.43. The zero-order valence-electron chi connectivity index (χ0n) is 15.0. The van der Waals surface area contributed by atoms with E-state index < -0.39 is 0 Å². The molecule has 1 heterocycles. The number of fused-ring (bicyclic) bond motifs is 2. The molecule has 0 amide bonds. The van der Waals surface area contributed by atoms with Crippen LogP contribution in [0.1, 0.15) is 49.1 Å². The monoisotopic (exact) mass is 317 g/mol. The van der Waals surface area contributed by atoms with Crippen LogP contribution in [0.2, 0.25) is 0 Å². The van der Waals surface area contributed by atoms with Crippen LogP contribution in [0.25, 0.3) is 0 Å². The Kier molecular flexibility index (Phi) is 4.93. The molecular formula is C18H31N5. The lowest BCUT2D eigenvalue weighted by Crippen LogP contribution is -2.38. The van der Waals surface area contributed by atoms with E-state index in [-0.39, 0.29) is 0 Å². The van der Waals surface area contributed by atoms with Crippen molar-refractivity contribution in [2.24, 2.45) is 29.8 Å². The first-order chi connectivity index (χ1) is 11.1. The van der Waals surface area contributed by atoms with Crippen LogP contribution in [-0.2, 0) is 13.6 Å². The van der Waals surface area contributed by atoms with Gasteiger partial charge in [-0.05, 0) is 57.3 Å². The number of hydrogen-bond acceptors (Lipinski definition) is 2. The van der Waals surface area contributed by atoms with Gasteiger partial charge < -0.3 is 10.6 Å². The molecule has 0 aromatic carbocycles. The summed E-state index contributed by atoms with van der Waals surface area (Å²) in [4.78, 5) is 4.35. The Labute approximate surface area is 139 Å². The molecule has 23 heavy (non-hydrogen) atoms. The smallest absolute Gasteiger partial charge is 0.191 e. The van der Waals surface area contributed by atoms with E-state index in [0.29, 0.717) is 0 Å². The molecule has 0 saturated heterocycles. The fraction of sp³-hybridized carbons (Fsp3) is 0.778. The second kappa shape index (κ2) is 6.93. The lowest BCUT2D eigenvalue weighted by atomic mass is 9.86. The quantitative estimate of drug-likeness (QED) is 0.648. The van der Waals surface area contributed by atoms with Gasteiger partial charge in [0.05, 0.1) is 5.69 Å². The van der Waals surface area contributed by atoms with Crippen LogP contribution in [0.4, 0.5) is 0 Å². The normalized spacial score (nSPS) is 26.8. The second-order valence-corrected chi connectivity index (χ2v) is 7.35. The highest BCUT2D eigenvalue weighted by atomic mass is 15.3. The molecule has 2 aliphatic rings. The summed E-state index contributed by atoms with van der Waals surface area (Å²) in [5, 5.41) is 11.4. The highest BCUT2D eigenvalue weighted by molar-refractivity contribution is 5.79. The predicted octanol–water partition coefficient (Wildman–Crippen LogP) is 2.53. The van der Waals surface area contributed by atoms with Gasteiger partial charge in [-0.15, -0.1) is 0 Å². The number of rotatable bonds is 5. The van der Waals surface area contributed by atoms with E-state index in [1.54, 1.807) is 0 Å². The van der Waals surface area contributed by atoms with Crippen LogP contribution in [0, 0.1) is 31.6 Å². The van der Waals surface area contributed by atoms with Gasteiger partial charge >= 0.3 is 0 Å². The third-order valence-electron chi connectivity index (χ3n) is 6.01. The maximum atomic E-state index is 4.47. The first kappa shape index (κ1) is 16.3. The van der Waals surface area contributed by atoms with Gasteiger partial charge in [0.15, 0.2) is 5.96 Å². The van der Waals surface area contributed by atoms with Crippen molar-refractivity contribution in [3.8, 4) is 0 Å². The number of nitrogens with zero attached hydrogens (tertiary/aromatic N) is 3. The minimum Gasteiger partial charge on any atom is -0.356 e. The summed E-state index contributed by atoms with van der Waals surface area (Å²) in [5.74, 6) is 3.90. The number of aryl methyl sites for hydroxylation is 2. The molecule has 2 fully saturated rings. The molecule has 5 heteroatoms. The van der Waals surface area contributed by atoms with Gasteiger partial charge in [-0.3, -0.25) is 9.67 Å². The summed E-state index contributed by atoms with van der Waals surface area (Å²) < 4.78 is 1.94. The number of nitrogens with one attached hydrogen (secondary N) is 2. The number of hydrogen-bond donors (Lipinski definition) is 2. The van der Waals surface area contributed by atoms with Crippen molar-refractivity contribution in [3.63, 3.8) is 0 Å². The average Bonchev–Trinajstić information content (AvgIpc) is 3.21. The highest BCUT2D eigenvalue weighted by Gasteiger charge is 2.38. The van der Waals surface area contributed by atoms with E-state index in [9.17, 15) is 0 Å². The van der Waals surface area contributed by atoms with E-state index in [2.05, 4.69) is 34.6 Å². The largest absolute Gasteiger partial charge is 0.356 e. The van der Waals surface area contributed by atoms with Gasteiger partial charge in [0.1, 0.15) is 0 Å². The summed E-state index contributed by atoms with van der Waals surface area (Å²) in [6.07, 6.45) is 7.21. The van der Waals surface area contributed by atoms with Gasteiger partial charge in [-0.25, -0.2) is 0 Å². The second-order valence-electron chi connectivity index (χ2n) is 7.35. The first-order valence-corrected chi connectivity index (χ1v) is 9.02. The lowest BCUT2D eigenvalue weighted by Gasteiger charge is -2.22. The zero-order valence-corrected chi connectivity index (χ0v) is 15.0. The number of aliphatic imine (C=N–C) groups is 1. The van der Waals surface area contributed by atoms with Crippen molar-refractivity contribution >= 4 is 5.96 Å². The lowest BCUT2D eigenvalue weighted by molar-refractivity contribution is 0.315. The van der Waals surface area contributed by atoms with E-state index in [4.69, 9.17) is 0 Å². The van der Waals surface area contributed by atoms with Crippen LogP contribution < -0.4 is 10.6 Å². The van der Waals surface area contributed by atoms with Crippen LogP contribution in [0.3, 0.4) is 0 Å². The third-order valence-corrected chi connectivity index (χ3v) is 6.01. The summed E-state index contributed by atoms with van der Waals surface area (Å²) >= 11 is 0. The molecule has 2 bridgehead atoms. The Morgan fingerprint density at radius 1 is 1.26 bits per heavy atom. The highest BCUT2D eigenvalue weighted by Crippen LogP contribution is 2.49. The third kappa shape index (κ3) is 3.54. The Morgan fingerprint density at radius 3 is 2.65 bits per heavy atom. The molecule has 2 N–H and O–H groups in total. The molecular weight excluding hydrogens is 286 g/mol. The van der Waals surface area contributed by atoms with Gasteiger partial charge in [0, 0.05) is 38.4 Å². The Hall–Kier alpha value is -1.52. The van der Waals surface area contributed by atoms with Crippen LogP contribution >= 0.6 is 0 Å². The standard InChI is InChI=1S/C18H31N5/c1-12-17(13(2)23(4)22-12)11-21-18(19-3)20-8-7-16-10-14-5-6-15(16)9-14/h14-16H,5-11H2,1-4H3,(H2,19,20,21). The average molecular weight is 317 g/mol. The SMILES string of the molecule is CN=C(NCCC1CC2CCC1C2)NCc1c(C)nn(C)c1C. The summed E-state index contributed by atoms with van der Waals surface area (Å²) in [7, 11) is 3.84. The molecule has 3 rings (SSSR count). The molecule has 5 nitrogen and oxygen atoms in total. The van der Waals surface area contributed by atoms with Crippen LogP contribution in [0.5, 0.6) is 0 Å². The van der Waals surface area contributed by atoms with Crippen molar-refractivity contribution in [1.82, 2.24) is 20.4 Å². The van der Waals surface area contributed by atoms with Crippen molar-refractivity contribution in [3.05, 3.63) is 17.0 Å². The fourth-order valence-corrected chi connectivity index (χ4v) is 4.57. The van der Waals surface area contributed by atoms with Crippen molar-refractivity contribution in [1.29, 1.82) is 0 Å². The van der Waals surface area contributed by atoms with E-state index in [1.165, 1.54) is 43.4 Å². The molecule has 2 saturated carbocycles. The predicted molar refractivity (Wildman–Crippen MR) is 94.4 cm³/mol. The van der Waals surface area contributed by atoms with Gasteiger partial charge in [0.2, 0.25) is 0 Å². The van der Waals surface area contributed by atoms with Gasteiger partial charge in [0.25, 0.3) is 0 Å². The van der Waals surface area contributed by atoms with Crippen molar-refractivity contribution < 1.29 is 0 Å². The molecule has 0 aliphatic heterocycles. The van der Waals surface area contributed by atoms with Gasteiger partial charge in [-0.2, -0.15) is 5.10 Å². The van der Waals surface area contributed by atoms with E-state index >= 15 is 0 Å². The van der Waals surface area contributed by atoms with E-state index in [0.717, 1.165) is 42.5 Å². The minimum absolute atomic E-state index is 0.777. The van der Waals surface area contributed by atoms with Gasteiger partial charge in [-0.1, -0.05) is 6.42 Å². The summed E-state index contributed by atoms with van der Waals surface area (Å²) in [6, 6.07) is 0. The molecule has 0 spiro atoms. The molecule has 2 aliphatic carbocycles. The van der Waals surface area contributed by atoms with Crippen LogP contribution in [-0.4, -0.2) is 29.3 Å². The number of aromatic nitrogens is 2. The van der Waals surface area contributed by atoms with E-state index in [1.807, 2.05) is 18.8 Å². The Bertz CT molecular complexity index is 574. The minimum atomic E-state index is 0.777. The summed E-state index contributed by atoms with van der Waals surface area (Å²) in [5.41, 5.74) is 3.57.